The zero-order valence-electron chi connectivity index (χ0n) is 22.9. The molecule has 0 saturated carbocycles. The van der Waals surface area contributed by atoms with Gasteiger partial charge in [0, 0.05) is 18.0 Å². The number of nitrogens with zero attached hydrogens (tertiary/aromatic N) is 4. The van der Waals surface area contributed by atoms with Crippen molar-refractivity contribution in [2.45, 2.75) is 25.9 Å². The number of benzene rings is 2. The molecule has 12 nitrogen and oxygen atoms in total. The molecule has 1 fully saturated rings. The van der Waals surface area contributed by atoms with Gasteiger partial charge in [0.1, 0.15) is 12.0 Å². The van der Waals surface area contributed by atoms with Crippen LogP contribution in [0.25, 0.3) is 21.8 Å². The molecule has 2 N–H and O–H groups in total. The first kappa shape index (κ1) is 28.9. The number of halogens is 3. The van der Waals surface area contributed by atoms with Crippen LogP contribution in [-0.4, -0.2) is 77.4 Å². The third kappa shape index (κ3) is 6.00. The molecular formula is C27H27F3N6O6. The highest BCUT2D eigenvalue weighted by Crippen LogP contribution is 2.36. The summed E-state index contributed by atoms with van der Waals surface area (Å²) in [4.78, 5) is 42.7. The Morgan fingerprint density at radius 2 is 1.74 bits per heavy atom. The number of rotatable bonds is 9. The second-order valence-corrected chi connectivity index (χ2v) is 9.47. The van der Waals surface area contributed by atoms with Crippen LogP contribution >= 0.6 is 0 Å². The number of anilines is 2. The van der Waals surface area contributed by atoms with Crippen LogP contribution in [0.3, 0.4) is 0 Å². The van der Waals surface area contributed by atoms with Gasteiger partial charge in [-0.3, -0.25) is 20.0 Å². The van der Waals surface area contributed by atoms with Gasteiger partial charge in [-0.2, -0.15) is 13.2 Å². The number of nitrogens with one attached hydrogen (secondary N) is 2. The number of methoxy groups -OCH3 is 2. The van der Waals surface area contributed by atoms with Gasteiger partial charge in [-0.25, -0.2) is 19.7 Å². The van der Waals surface area contributed by atoms with Gasteiger partial charge in [-0.15, -0.1) is 0 Å². The molecule has 0 bridgehead atoms. The van der Waals surface area contributed by atoms with Gasteiger partial charge in [0.15, 0.2) is 23.0 Å². The van der Waals surface area contributed by atoms with Crippen molar-refractivity contribution in [2.75, 3.05) is 45.8 Å². The van der Waals surface area contributed by atoms with Crippen molar-refractivity contribution in [3.63, 3.8) is 0 Å². The fourth-order valence-corrected chi connectivity index (χ4v) is 4.67. The predicted molar refractivity (Wildman–Crippen MR) is 146 cm³/mol. The molecule has 0 spiro atoms. The van der Waals surface area contributed by atoms with E-state index in [1.807, 2.05) is 0 Å². The summed E-state index contributed by atoms with van der Waals surface area (Å²) >= 11 is 0. The van der Waals surface area contributed by atoms with Crippen LogP contribution in [0.1, 0.15) is 18.5 Å². The second-order valence-electron chi connectivity index (χ2n) is 9.47. The molecule has 2 aromatic carbocycles. The number of likely N-dealkylation sites (tertiary alicyclic amines) is 1. The largest absolute Gasteiger partial charge is 0.493 e. The number of hydrogen-bond donors (Lipinski definition) is 2. The van der Waals surface area contributed by atoms with E-state index in [0.717, 1.165) is 25.9 Å². The maximum Gasteiger partial charge on any atom is 0.491 e. The van der Waals surface area contributed by atoms with Crippen molar-refractivity contribution in [2.24, 2.45) is 0 Å². The van der Waals surface area contributed by atoms with Gasteiger partial charge in [0.05, 0.1) is 30.9 Å². The fraction of sp³-hybridized carbons (Fsp3) is 0.370. The first-order valence-corrected chi connectivity index (χ1v) is 13.0. The molecule has 0 unspecified atom stereocenters. The summed E-state index contributed by atoms with van der Waals surface area (Å²) in [5.41, 5.74) is 0.176. The summed E-state index contributed by atoms with van der Waals surface area (Å²) in [5, 5.41) is 3.13. The zero-order chi connectivity index (χ0) is 30.0. The van der Waals surface area contributed by atoms with Crippen molar-refractivity contribution >= 4 is 39.7 Å². The molecule has 15 heteroatoms. The number of fused-ring (bicyclic) bond motifs is 2. The molecule has 42 heavy (non-hydrogen) atoms. The van der Waals surface area contributed by atoms with Gasteiger partial charge >= 0.3 is 12.1 Å². The Bertz CT molecular complexity index is 1700. The number of carbonyl (C=O) groups excluding carboxylic acids is 1. The Hall–Kier alpha value is -4.66. The normalized spacial score (nSPS) is 13.9. The SMILES string of the molecule is COc1cc2nc(Nc3nc4ccc(OCCN5CCCC5)c(OC(=O)C(F)(F)F)c4c(=O)[nH]3)nc(C)c2cc1OC. The van der Waals surface area contributed by atoms with Crippen LogP contribution in [0.2, 0.25) is 0 Å². The molecule has 1 aliphatic rings. The Labute approximate surface area is 236 Å². The average Bonchev–Trinajstić information content (AvgIpc) is 3.46. The Morgan fingerprint density at radius 1 is 1.02 bits per heavy atom. The van der Waals surface area contributed by atoms with E-state index in [4.69, 9.17) is 14.2 Å². The lowest BCUT2D eigenvalue weighted by Gasteiger charge is -2.17. The molecule has 1 saturated heterocycles. The maximum absolute atomic E-state index is 13.2. The van der Waals surface area contributed by atoms with Gasteiger partial charge < -0.3 is 18.9 Å². The highest BCUT2D eigenvalue weighted by molar-refractivity contribution is 5.91. The standard InChI is InChI=1S/C27H27F3N6O6/c1-14-15-12-19(39-2)20(40-3)13-17(15)33-25(31-14)35-26-32-16-6-7-18(41-11-10-36-8-4-5-9-36)22(21(16)23(37)34-26)42-24(38)27(28,29)30/h6-7,12-13H,4-5,8-11H2,1-3H3,(H2,31,32,33,34,35,37). The highest BCUT2D eigenvalue weighted by Gasteiger charge is 2.42. The second kappa shape index (κ2) is 11.7. The number of alkyl halides is 3. The van der Waals surface area contributed by atoms with Crippen LogP contribution in [-0.2, 0) is 4.79 Å². The van der Waals surface area contributed by atoms with Crippen molar-refractivity contribution < 1.29 is 36.9 Å². The number of esters is 1. The number of aryl methyl sites for hydroxylation is 1. The Balaban J connectivity index is 1.49. The van der Waals surface area contributed by atoms with E-state index in [1.54, 1.807) is 19.1 Å². The fourth-order valence-electron chi connectivity index (χ4n) is 4.67. The van der Waals surface area contributed by atoms with Gasteiger partial charge in [0.25, 0.3) is 5.56 Å². The van der Waals surface area contributed by atoms with E-state index < -0.39 is 23.5 Å². The predicted octanol–water partition coefficient (Wildman–Crippen LogP) is 3.88. The molecule has 222 valence electrons. The number of aromatic amines is 1. The van der Waals surface area contributed by atoms with E-state index in [9.17, 15) is 22.8 Å². The Kier molecular flexibility index (Phi) is 8.02. The summed E-state index contributed by atoms with van der Waals surface area (Å²) in [5.74, 6) is -2.42. The molecule has 3 heterocycles. The molecule has 5 rings (SSSR count). The van der Waals surface area contributed by atoms with Gasteiger partial charge in [-0.05, 0) is 51.1 Å². The molecule has 4 aromatic rings. The summed E-state index contributed by atoms with van der Waals surface area (Å²) in [7, 11) is 3.00. The molecule has 1 aliphatic heterocycles. The minimum atomic E-state index is -5.30. The monoisotopic (exact) mass is 588 g/mol. The number of hydrogen-bond acceptors (Lipinski definition) is 11. The van der Waals surface area contributed by atoms with Crippen LogP contribution in [0.5, 0.6) is 23.0 Å². The van der Waals surface area contributed by atoms with Gasteiger partial charge in [0.2, 0.25) is 11.9 Å². The van der Waals surface area contributed by atoms with E-state index in [2.05, 4.69) is 34.9 Å². The van der Waals surface area contributed by atoms with Crippen molar-refractivity contribution in [1.29, 1.82) is 0 Å². The van der Waals surface area contributed by atoms with Crippen LogP contribution in [0, 0.1) is 6.92 Å². The number of aromatic nitrogens is 4. The summed E-state index contributed by atoms with van der Waals surface area (Å²) in [6.45, 7) is 4.16. The van der Waals surface area contributed by atoms with E-state index >= 15 is 0 Å². The maximum atomic E-state index is 13.2. The van der Waals surface area contributed by atoms with Crippen molar-refractivity contribution in [3.8, 4) is 23.0 Å². The van der Waals surface area contributed by atoms with Crippen LogP contribution < -0.4 is 29.8 Å². The number of H-pyrrole nitrogens is 1. The quantitative estimate of drug-likeness (QED) is 0.217. The summed E-state index contributed by atoms with van der Waals surface area (Å²) < 4.78 is 60.3. The molecule has 0 radical (unpaired) electrons. The molecular weight excluding hydrogens is 561 g/mol. The molecule has 0 aliphatic carbocycles. The number of ether oxygens (including phenoxy) is 4. The summed E-state index contributed by atoms with van der Waals surface area (Å²) in [6, 6.07) is 6.09. The smallest absolute Gasteiger partial charge is 0.491 e. The first-order chi connectivity index (χ1) is 20.1. The lowest BCUT2D eigenvalue weighted by Crippen LogP contribution is -2.29. The highest BCUT2D eigenvalue weighted by atomic mass is 19.4. The molecule has 0 amide bonds. The summed E-state index contributed by atoms with van der Waals surface area (Å²) in [6.07, 6.45) is -3.20. The van der Waals surface area contributed by atoms with Crippen molar-refractivity contribution in [1.82, 2.24) is 24.8 Å². The van der Waals surface area contributed by atoms with Crippen LogP contribution in [0.15, 0.2) is 29.1 Å². The third-order valence-electron chi connectivity index (χ3n) is 6.70. The van der Waals surface area contributed by atoms with Crippen molar-refractivity contribution in [3.05, 3.63) is 40.3 Å². The third-order valence-corrected chi connectivity index (χ3v) is 6.70. The number of carbonyl (C=O) groups is 1. The molecule has 0 atom stereocenters. The first-order valence-electron chi connectivity index (χ1n) is 13.0. The zero-order valence-corrected chi connectivity index (χ0v) is 22.9. The topological polar surface area (TPSA) is 141 Å². The molecule has 2 aromatic heterocycles. The van der Waals surface area contributed by atoms with E-state index in [1.165, 1.54) is 26.4 Å². The lowest BCUT2D eigenvalue weighted by atomic mass is 10.1. The Morgan fingerprint density at radius 3 is 2.43 bits per heavy atom. The van der Waals surface area contributed by atoms with E-state index in [-0.39, 0.29) is 35.2 Å². The average molecular weight is 589 g/mol. The van der Waals surface area contributed by atoms with E-state index in [0.29, 0.717) is 34.6 Å². The minimum Gasteiger partial charge on any atom is -0.493 e. The van der Waals surface area contributed by atoms with Crippen LogP contribution in [0.4, 0.5) is 25.1 Å². The lowest BCUT2D eigenvalue weighted by molar-refractivity contribution is -0.189. The van der Waals surface area contributed by atoms with Gasteiger partial charge in [-0.1, -0.05) is 0 Å². The minimum absolute atomic E-state index is 0.0537.